The Balaban J connectivity index is 1.70. The van der Waals surface area contributed by atoms with Crippen molar-refractivity contribution < 1.29 is 27.9 Å². The van der Waals surface area contributed by atoms with Crippen molar-refractivity contribution >= 4 is 51.5 Å². The Kier molecular flexibility index (Phi) is 7.53. The third kappa shape index (κ3) is 5.79. The van der Waals surface area contributed by atoms with Crippen molar-refractivity contribution in [3.8, 4) is 0 Å². The van der Waals surface area contributed by atoms with Crippen LogP contribution >= 0.6 is 23.2 Å². The van der Waals surface area contributed by atoms with E-state index < -0.39 is 29.9 Å². The Morgan fingerprint density at radius 1 is 1.03 bits per heavy atom. The van der Waals surface area contributed by atoms with E-state index in [1.807, 2.05) is 0 Å². The average Bonchev–Trinajstić information content (AvgIpc) is 3.64. The fourth-order valence-corrected chi connectivity index (χ4v) is 5.03. The molecule has 1 amide bonds. The molecular weight excluding hydrogens is 514 g/mol. The number of anilines is 1. The summed E-state index contributed by atoms with van der Waals surface area (Å²) in [5.74, 6) is -5.42. The standard InChI is InChI=1S/C27H24Cl2F3NO3/c1-14(27(30,31)32)25(18-8-7-15-3-2-4-21(28)20(15)11-18)26(36)33-23-12-17(9-10-22(23)29)19(13-24(34)35)16-5-6-16/h2-4,7-12,14,16,19,25H,5-6,13H2,1H3,(H,33,36)(H,34,35). The number of benzene rings is 3. The number of hydrogen-bond donors (Lipinski definition) is 2. The molecule has 2 N–H and O–H groups in total. The minimum Gasteiger partial charge on any atom is -0.481 e. The molecule has 9 heteroatoms. The number of alkyl halides is 3. The normalized spacial score (nSPS) is 16.4. The molecule has 0 bridgehead atoms. The largest absolute Gasteiger partial charge is 0.481 e. The summed E-state index contributed by atoms with van der Waals surface area (Å²) in [5.41, 5.74) is 0.998. The summed E-state index contributed by atoms with van der Waals surface area (Å²) < 4.78 is 41.6. The number of hydrogen-bond acceptors (Lipinski definition) is 2. The van der Waals surface area contributed by atoms with Gasteiger partial charge < -0.3 is 10.4 Å². The second-order valence-corrected chi connectivity index (χ2v) is 10.1. The molecule has 0 saturated heterocycles. The maximum Gasteiger partial charge on any atom is 0.392 e. The zero-order valence-corrected chi connectivity index (χ0v) is 20.8. The number of carboxylic acids is 1. The van der Waals surface area contributed by atoms with Crippen LogP contribution < -0.4 is 5.32 Å². The van der Waals surface area contributed by atoms with Gasteiger partial charge in [-0.3, -0.25) is 9.59 Å². The number of rotatable bonds is 8. The first-order valence-electron chi connectivity index (χ1n) is 11.5. The Morgan fingerprint density at radius 3 is 2.36 bits per heavy atom. The molecule has 0 aliphatic heterocycles. The molecule has 3 aromatic carbocycles. The third-order valence-corrected chi connectivity index (χ3v) is 7.43. The predicted octanol–water partition coefficient (Wildman–Crippen LogP) is 8.04. The van der Waals surface area contributed by atoms with Gasteiger partial charge in [0.15, 0.2) is 0 Å². The van der Waals surface area contributed by atoms with E-state index in [0.717, 1.165) is 25.2 Å². The quantitative estimate of drug-likeness (QED) is 0.305. The Morgan fingerprint density at radius 2 is 1.72 bits per heavy atom. The summed E-state index contributed by atoms with van der Waals surface area (Å²) >= 11 is 12.6. The first-order chi connectivity index (χ1) is 17.0. The highest BCUT2D eigenvalue weighted by Crippen LogP contribution is 2.46. The number of fused-ring (bicyclic) bond motifs is 1. The van der Waals surface area contributed by atoms with E-state index in [0.29, 0.717) is 16.0 Å². The van der Waals surface area contributed by atoms with E-state index in [4.69, 9.17) is 23.2 Å². The lowest BCUT2D eigenvalue weighted by Gasteiger charge is -2.26. The van der Waals surface area contributed by atoms with Gasteiger partial charge in [-0.2, -0.15) is 13.2 Å². The molecule has 1 aliphatic rings. The molecule has 3 atom stereocenters. The zero-order valence-electron chi connectivity index (χ0n) is 19.3. The van der Waals surface area contributed by atoms with Crippen LogP contribution in [0.4, 0.5) is 18.9 Å². The van der Waals surface area contributed by atoms with Crippen LogP contribution in [0.15, 0.2) is 54.6 Å². The Hall–Kier alpha value is -2.77. The van der Waals surface area contributed by atoms with Gasteiger partial charge in [-0.05, 0) is 65.5 Å². The lowest BCUT2D eigenvalue weighted by atomic mass is 9.84. The fraction of sp³-hybridized carbons (Fsp3) is 0.333. The Bertz CT molecular complexity index is 1310. The van der Waals surface area contributed by atoms with Gasteiger partial charge in [0.1, 0.15) is 0 Å². The molecule has 4 rings (SSSR count). The van der Waals surface area contributed by atoms with E-state index in [-0.39, 0.29) is 34.5 Å². The molecule has 1 saturated carbocycles. The molecular formula is C27H24Cl2F3NO3. The van der Waals surface area contributed by atoms with Crippen molar-refractivity contribution in [3.05, 3.63) is 75.8 Å². The number of carboxylic acid groups (broad SMARTS) is 1. The van der Waals surface area contributed by atoms with E-state index in [2.05, 4.69) is 5.32 Å². The van der Waals surface area contributed by atoms with Crippen molar-refractivity contribution in [3.63, 3.8) is 0 Å². The molecule has 190 valence electrons. The summed E-state index contributed by atoms with van der Waals surface area (Å²) in [6.07, 6.45) is -2.91. The number of nitrogens with one attached hydrogen (secondary N) is 1. The van der Waals surface area contributed by atoms with Gasteiger partial charge in [-0.25, -0.2) is 0 Å². The monoisotopic (exact) mass is 537 g/mol. The van der Waals surface area contributed by atoms with Gasteiger partial charge >= 0.3 is 12.1 Å². The van der Waals surface area contributed by atoms with Gasteiger partial charge in [0.2, 0.25) is 5.91 Å². The average molecular weight is 538 g/mol. The molecule has 0 radical (unpaired) electrons. The van der Waals surface area contributed by atoms with Crippen LogP contribution in [0.5, 0.6) is 0 Å². The van der Waals surface area contributed by atoms with Gasteiger partial charge in [0.25, 0.3) is 0 Å². The van der Waals surface area contributed by atoms with E-state index in [1.165, 1.54) is 18.2 Å². The van der Waals surface area contributed by atoms with Crippen LogP contribution in [0.25, 0.3) is 10.8 Å². The summed E-state index contributed by atoms with van der Waals surface area (Å²) in [5, 5.41) is 13.7. The van der Waals surface area contributed by atoms with Crippen LogP contribution in [0.2, 0.25) is 10.0 Å². The summed E-state index contributed by atoms with van der Waals surface area (Å²) in [4.78, 5) is 24.7. The number of aliphatic carboxylic acids is 1. The minimum atomic E-state index is -4.64. The van der Waals surface area contributed by atoms with Crippen molar-refractivity contribution in [1.82, 2.24) is 0 Å². The summed E-state index contributed by atoms with van der Waals surface area (Å²) in [7, 11) is 0. The van der Waals surface area contributed by atoms with Crippen LogP contribution in [0, 0.1) is 11.8 Å². The smallest absolute Gasteiger partial charge is 0.392 e. The van der Waals surface area contributed by atoms with E-state index in [9.17, 15) is 27.9 Å². The predicted molar refractivity (Wildman–Crippen MR) is 135 cm³/mol. The number of halogens is 5. The highest BCUT2D eigenvalue weighted by molar-refractivity contribution is 6.35. The molecule has 3 unspecified atom stereocenters. The maximum absolute atomic E-state index is 13.9. The third-order valence-electron chi connectivity index (χ3n) is 6.77. The van der Waals surface area contributed by atoms with Crippen molar-refractivity contribution in [1.29, 1.82) is 0 Å². The van der Waals surface area contributed by atoms with Crippen molar-refractivity contribution in [2.45, 2.75) is 44.2 Å². The van der Waals surface area contributed by atoms with Gasteiger partial charge in [-0.1, -0.05) is 60.5 Å². The molecule has 0 aromatic heterocycles. The zero-order chi connectivity index (χ0) is 26.2. The molecule has 4 nitrogen and oxygen atoms in total. The van der Waals surface area contributed by atoms with Crippen LogP contribution in [0.3, 0.4) is 0 Å². The highest BCUT2D eigenvalue weighted by Gasteiger charge is 2.45. The maximum atomic E-state index is 13.9. The molecule has 0 spiro atoms. The molecule has 3 aromatic rings. The van der Waals surface area contributed by atoms with Crippen LogP contribution in [-0.4, -0.2) is 23.2 Å². The molecule has 0 heterocycles. The minimum absolute atomic E-state index is 0.0781. The molecule has 36 heavy (non-hydrogen) atoms. The SMILES string of the molecule is CC(C(C(=O)Nc1cc(C(CC(=O)O)C2CC2)ccc1Cl)c1ccc2cccc(Cl)c2c1)C(F)(F)F. The fourth-order valence-electron chi connectivity index (χ4n) is 4.62. The van der Waals surface area contributed by atoms with Crippen LogP contribution in [0.1, 0.15) is 49.1 Å². The van der Waals surface area contributed by atoms with E-state index in [1.54, 1.807) is 36.4 Å². The van der Waals surface area contributed by atoms with Gasteiger partial charge in [-0.15, -0.1) is 0 Å². The van der Waals surface area contributed by atoms with Crippen molar-refractivity contribution in [2.75, 3.05) is 5.32 Å². The highest BCUT2D eigenvalue weighted by atomic mass is 35.5. The van der Waals surface area contributed by atoms with Gasteiger partial charge in [0.05, 0.1) is 29.0 Å². The first-order valence-corrected chi connectivity index (χ1v) is 12.3. The number of carbonyl (C=O) groups excluding carboxylic acids is 1. The van der Waals surface area contributed by atoms with E-state index >= 15 is 0 Å². The molecule has 1 fully saturated rings. The second kappa shape index (κ2) is 10.3. The lowest BCUT2D eigenvalue weighted by molar-refractivity contribution is -0.178. The van der Waals surface area contributed by atoms with Crippen LogP contribution in [-0.2, 0) is 9.59 Å². The second-order valence-electron chi connectivity index (χ2n) is 9.30. The lowest BCUT2D eigenvalue weighted by Crippen LogP contribution is -2.34. The van der Waals surface area contributed by atoms with Crippen molar-refractivity contribution in [2.24, 2.45) is 11.8 Å². The topological polar surface area (TPSA) is 66.4 Å². The number of carbonyl (C=O) groups is 2. The first kappa shape index (κ1) is 26.3. The van der Waals surface area contributed by atoms with Gasteiger partial charge in [0, 0.05) is 10.4 Å². The Labute approximate surface area is 216 Å². The summed E-state index contributed by atoms with van der Waals surface area (Å²) in [6.45, 7) is 0.967. The number of amides is 1. The summed E-state index contributed by atoms with van der Waals surface area (Å²) in [6, 6.07) is 14.6. The molecule has 1 aliphatic carbocycles.